The van der Waals surface area contributed by atoms with Crippen molar-refractivity contribution in [1.82, 2.24) is 0 Å². The molecule has 12 heteroatoms. The van der Waals surface area contributed by atoms with Gasteiger partial charge in [0, 0.05) is 16.8 Å². The smallest absolute Gasteiger partial charge is 0.449 e. The molecule has 0 saturated heterocycles. The number of carboxylic acid groups (broad SMARTS) is 4. The molecule has 0 saturated carbocycles. The molecule has 0 unspecified atom stereocenters. The summed E-state index contributed by atoms with van der Waals surface area (Å²) in [5.74, 6) is -2.12. The molecule has 12 nitrogen and oxygen atoms in total. The molecule has 3 rings (SSSR count). The lowest BCUT2D eigenvalue weighted by molar-refractivity contribution is 0.133. The molecule has 0 aliphatic heterocycles. The fraction of sp³-hybridized carbons (Fsp3) is 0. The minimum Gasteiger partial charge on any atom is -0.449 e. The van der Waals surface area contributed by atoms with Gasteiger partial charge in [0.1, 0.15) is 11.5 Å². The Hall–Kier alpha value is -4.74. The molecule has 0 spiro atoms. The maximum Gasteiger partial charge on any atom is 0.511 e. The van der Waals surface area contributed by atoms with Gasteiger partial charge in [0.15, 0.2) is 11.5 Å². The molecule has 0 aromatic heterocycles. The highest BCUT2D eigenvalue weighted by Crippen LogP contribution is 2.49. The SMILES string of the molecule is O=C(O)Oc1cc(OC(=O)O)c2c(OC(=O)O)c(OC(=O)O)c3ccccc3c2c1. The summed E-state index contributed by atoms with van der Waals surface area (Å²) in [6.45, 7) is 0. The van der Waals surface area contributed by atoms with E-state index in [0.29, 0.717) is 0 Å². The highest BCUT2D eigenvalue weighted by molar-refractivity contribution is 6.17. The van der Waals surface area contributed by atoms with Crippen molar-refractivity contribution in [3.63, 3.8) is 0 Å². The quantitative estimate of drug-likeness (QED) is 0.269. The average Bonchev–Trinajstić information content (AvgIpc) is 2.62. The first-order valence-corrected chi connectivity index (χ1v) is 7.83. The molecule has 3 aromatic rings. The summed E-state index contributed by atoms with van der Waals surface area (Å²) in [4.78, 5) is 44.5. The zero-order valence-electron chi connectivity index (χ0n) is 14.5. The Bertz CT molecular complexity index is 1210. The number of benzene rings is 3. The van der Waals surface area contributed by atoms with E-state index in [0.717, 1.165) is 6.07 Å². The zero-order chi connectivity index (χ0) is 22.0. The minimum absolute atomic E-state index is 0.0505. The molecule has 0 heterocycles. The predicted molar refractivity (Wildman–Crippen MR) is 96.1 cm³/mol. The minimum atomic E-state index is -1.85. The third kappa shape index (κ3) is 3.91. The molecule has 0 amide bonds. The van der Waals surface area contributed by atoms with Crippen LogP contribution in [0.15, 0.2) is 36.4 Å². The van der Waals surface area contributed by atoms with Gasteiger partial charge in [-0.3, -0.25) is 0 Å². The van der Waals surface area contributed by atoms with Crippen molar-refractivity contribution in [2.24, 2.45) is 0 Å². The van der Waals surface area contributed by atoms with E-state index in [4.69, 9.17) is 29.9 Å². The second kappa shape index (κ2) is 7.71. The standard InChI is InChI=1S/C18H10O12/c19-15(20)27-7-5-10-8-3-1-2-4-9(8)13(29-17(23)24)14(30-18(25)26)12(10)11(6-7)28-16(21)22/h1-6H,(H,19,20)(H,21,22)(H,23,24)(H,25,26). The second-order valence-corrected chi connectivity index (χ2v) is 5.52. The number of hydrogen-bond donors (Lipinski definition) is 4. The first-order chi connectivity index (χ1) is 14.2. The Balaban J connectivity index is 2.54. The second-order valence-electron chi connectivity index (χ2n) is 5.52. The highest BCUT2D eigenvalue weighted by Gasteiger charge is 2.26. The summed E-state index contributed by atoms with van der Waals surface area (Å²) in [7, 11) is 0. The van der Waals surface area contributed by atoms with Crippen molar-refractivity contribution in [3.8, 4) is 23.0 Å². The van der Waals surface area contributed by atoms with Gasteiger partial charge in [-0.2, -0.15) is 0 Å². The molecule has 30 heavy (non-hydrogen) atoms. The van der Waals surface area contributed by atoms with Crippen LogP contribution in [-0.2, 0) is 0 Å². The van der Waals surface area contributed by atoms with E-state index < -0.39 is 41.9 Å². The lowest BCUT2D eigenvalue weighted by atomic mass is 9.98. The number of ether oxygens (including phenoxy) is 4. The lowest BCUT2D eigenvalue weighted by Crippen LogP contribution is -2.11. The summed E-state index contributed by atoms with van der Waals surface area (Å²) in [6.07, 6.45) is -7.16. The Morgan fingerprint density at radius 1 is 0.600 bits per heavy atom. The van der Waals surface area contributed by atoms with Crippen LogP contribution in [0.4, 0.5) is 19.2 Å². The fourth-order valence-electron chi connectivity index (χ4n) is 2.90. The number of fused-ring (bicyclic) bond motifs is 3. The van der Waals surface area contributed by atoms with Crippen LogP contribution in [0.2, 0.25) is 0 Å². The van der Waals surface area contributed by atoms with Crippen LogP contribution in [-0.4, -0.2) is 45.0 Å². The molecule has 0 fully saturated rings. The first kappa shape index (κ1) is 20.0. The summed E-state index contributed by atoms with van der Waals surface area (Å²) in [6, 6.07) is 7.95. The number of rotatable bonds is 4. The van der Waals surface area contributed by atoms with Crippen LogP contribution in [0, 0.1) is 0 Å². The summed E-state index contributed by atoms with van der Waals surface area (Å²) < 4.78 is 18.7. The van der Waals surface area contributed by atoms with E-state index in [2.05, 4.69) is 9.47 Å². The van der Waals surface area contributed by atoms with Gasteiger partial charge >= 0.3 is 24.6 Å². The molecule has 0 radical (unpaired) electrons. The zero-order valence-corrected chi connectivity index (χ0v) is 14.5. The summed E-state index contributed by atoms with van der Waals surface area (Å²) in [5.41, 5.74) is 0. The van der Waals surface area contributed by atoms with Crippen LogP contribution in [0.5, 0.6) is 23.0 Å². The van der Waals surface area contributed by atoms with Crippen molar-refractivity contribution in [2.75, 3.05) is 0 Å². The van der Waals surface area contributed by atoms with Gasteiger partial charge in [-0.15, -0.1) is 0 Å². The predicted octanol–water partition coefficient (Wildman–Crippen LogP) is 4.22. The van der Waals surface area contributed by atoms with Gasteiger partial charge in [-0.05, 0) is 11.5 Å². The Kier molecular flexibility index (Phi) is 5.14. The molecule has 0 aliphatic carbocycles. The molecular weight excluding hydrogens is 408 g/mol. The van der Waals surface area contributed by atoms with Crippen molar-refractivity contribution in [2.45, 2.75) is 0 Å². The van der Waals surface area contributed by atoms with Gasteiger partial charge in [-0.25, -0.2) is 19.2 Å². The average molecular weight is 418 g/mol. The molecule has 3 aromatic carbocycles. The maximum atomic E-state index is 11.2. The highest BCUT2D eigenvalue weighted by atomic mass is 16.7. The van der Waals surface area contributed by atoms with Crippen molar-refractivity contribution in [3.05, 3.63) is 36.4 Å². The van der Waals surface area contributed by atoms with E-state index in [1.54, 1.807) is 6.07 Å². The Morgan fingerprint density at radius 2 is 1.13 bits per heavy atom. The van der Waals surface area contributed by atoms with Crippen LogP contribution in [0.3, 0.4) is 0 Å². The van der Waals surface area contributed by atoms with E-state index in [1.165, 1.54) is 24.3 Å². The Labute approximate surface area is 165 Å². The van der Waals surface area contributed by atoms with Crippen molar-refractivity contribution in [1.29, 1.82) is 0 Å². The van der Waals surface area contributed by atoms with E-state index in [9.17, 15) is 19.2 Å². The van der Waals surface area contributed by atoms with Gasteiger partial charge in [0.05, 0.1) is 5.39 Å². The first-order valence-electron chi connectivity index (χ1n) is 7.83. The fourth-order valence-corrected chi connectivity index (χ4v) is 2.90. The topological polar surface area (TPSA) is 186 Å². The third-order valence-corrected chi connectivity index (χ3v) is 3.75. The van der Waals surface area contributed by atoms with E-state index in [-0.39, 0.29) is 27.3 Å². The normalized spacial score (nSPS) is 10.4. The monoisotopic (exact) mass is 418 g/mol. The summed E-state index contributed by atoms with van der Waals surface area (Å²) >= 11 is 0. The van der Waals surface area contributed by atoms with Crippen molar-refractivity contribution < 1.29 is 58.6 Å². The number of hydrogen-bond acceptors (Lipinski definition) is 8. The van der Waals surface area contributed by atoms with Gasteiger partial charge in [-0.1, -0.05) is 24.3 Å². The van der Waals surface area contributed by atoms with Gasteiger partial charge in [0.2, 0.25) is 0 Å². The molecule has 0 atom stereocenters. The van der Waals surface area contributed by atoms with E-state index >= 15 is 0 Å². The van der Waals surface area contributed by atoms with Crippen LogP contribution >= 0.6 is 0 Å². The van der Waals surface area contributed by atoms with Crippen LogP contribution in [0.1, 0.15) is 0 Å². The Morgan fingerprint density at radius 3 is 1.70 bits per heavy atom. The van der Waals surface area contributed by atoms with Crippen molar-refractivity contribution >= 4 is 46.2 Å². The third-order valence-electron chi connectivity index (χ3n) is 3.75. The van der Waals surface area contributed by atoms with Gasteiger partial charge < -0.3 is 39.4 Å². The summed E-state index contributed by atoms with van der Waals surface area (Å²) in [5, 5.41) is 36.2. The molecule has 0 bridgehead atoms. The molecule has 0 aliphatic rings. The van der Waals surface area contributed by atoms with E-state index in [1.807, 2.05) is 0 Å². The largest absolute Gasteiger partial charge is 0.511 e. The molecular formula is C18H10O12. The number of carbonyl (C=O) groups is 4. The molecule has 4 N–H and O–H groups in total. The van der Waals surface area contributed by atoms with Gasteiger partial charge in [0.25, 0.3) is 0 Å². The van der Waals surface area contributed by atoms with Crippen LogP contribution < -0.4 is 18.9 Å². The lowest BCUT2D eigenvalue weighted by Gasteiger charge is -2.17. The van der Waals surface area contributed by atoms with Crippen LogP contribution in [0.25, 0.3) is 21.5 Å². The maximum absolute atomic E-state index is 11.2. The molecule has 154 valence electrons.